The van der Waals surface area contributed by atoms with Crippen LogP contribution in [-0.4, -0.2) is 55.3 Å². The molecule has 1 N–H and O–H groups in total. The Morgan fingerprint density at radius 1 is 1.30 bits per heavy atom. The molecule has 1 aliphatic rings. The molecule has 0 aromatic heterocycles. The second kappa shape index (κ2) is 6.56. The van der Waals surface area contributed by atoms with E-state index in [1.165, 1.54) is 4.90 Å². The maximum Gasteiger partial charge on any atom is 0.245 e. The minimum absolute atomic E-state index is 0.0379. The molecule has 0 saturated carbocycles. The zero-order valence-electron chi connectivity index (χ0n) is 12.5. The second-order valence-corrected chi connectivity index (χ2v) is 8.28. The number of hydrogen-bond donors (Lipinski definition) is 1. The standard InChI is InChI=1S/C13H24N2O4S/c1-5-10(4)12-13(17)15(8-11(16)14-12)6-7-20(18,19)9(2)3/h9-10,12H,5-8H2,1-4H3,(H,14,16). The summed E-state index contributed by atoms with van der Waals surface area (Å²) in [5, 5.41) is 2.22. The van der Waals surface area contributed by atoms with Crippen LogP contribution in [-0.2, 0) is 19.4 Å². The number of nitrogens with zero attached hydrogens (tertiary/aromatic N) is 1. The fraction of sp³-hybridized carbons (Fsp3) is 0.846. The maximum absolute atomic E-state index is 12.3. The molecule has 1 fully saturated rings. The van der Waals surface area contributed by atoms with Crippen molar-refractivity contribution in [3.63, 3.8) is 0 Å². The topological polar surface area (TPSA) is 83.6 Å². The van der Waals surface area contributed by atoms with E-state index >= 15 is 0 Å². The molecule has 0 aliphatic carbocycles. The summed E-state index contributed by atoms with van der Waals surface area (Å²) in [4.78, 5) is 25.3. The third-order valence-corrected chi connectivity index (χ3v) is 5.99. The highest BCUT2D eigenvalue weighted by atomic mass is 32.2. The van der Waals surface area contributed by atoms with Crippen LogP contribution in [0, 0.1) is 5.92 Å². The Labute approximate surface area is 120 Å². The number of hydrogen-bond acceptors (Lipinski definition) is 4. The lowest BCUT2D eigenvalue weighted by molar-refractivity contribution is -0.145. The molecule has 0 bridgehead atoms. The molecule has 2 atom stereocenters. The van der Waals surface area contributed by atoms with Gasteiger partial charge < -0.3 is 10.2 Å². The number of carbonyl (C=O) groups excluding carboxylic acids is 2. The van der Waals surface area contributed by atoms with Gasteiger partial charge in [-0.2, -0.15) is 0 Å². The fourth-order valence-corrected chi connectivity index (χ4v) is 2.96. The lowest BCUT2D eigenvalue weighted by Crippen LogP contribution is -2.60. The van der Waals surface area contributed by atoms with Crippen molar-refractivity contribution in [2.75, 3.05) is 18.8 Å². The van der Waals surface area contributed by atoms with Crippen LogP contribution in [0.5, 0.6) is 0 Å². The first-order valence-corrected chi connectivity index (χ1v) is 8.70. The Bertz CT molecular complexity index is 473. The van der Waals surface area contributed by atoms with Gasteiger partial charge in [-0.25, -0.2) is 8.42 Å². The quantitative estimate of drug-likeness (QED) is 0.759. The van der Waals surface area contributed by atoms with Crippen LogP contribution >= 0.6 is 0 Å². The molecule has 0 aromatic carbocycles. The molecule has 1 saturated heterocycles. The van der Waals surface area contributed by atoms with E-state index in [0.29, 0.717) is 0 Å². The van der Waals surface area contributed by atoms with Gasteiger partial charge in [-0.1, -0.05) is 20.3 Å². The number of rotatable bonds is 6. The van der Waals surface area contributed by atoms with Crippen LogP contribution in [0.15, 0.2) is 0 Å². The van der Waals surface area contributed by atoms with Crippen LogP contribution in [0.1, 0.15) is 34.1 Å². The van der Waals surface area contributed by atoms with Gasteiger partial charge in [-0.3, -0.25) is 9.59 Å². The number of carbonyl (C=O) groups is 2. The maximum atomic E-state index is 12.3. The molecular weight excluding hydrogens is 280 g/mol. The largest absolute Gasteiger partial charge is 0.342 e. The lowest BCUT2D eigenvalue weighted by Gasteiger charge is -2.35. The van der Waals surface area contributed by atoms with E-state index in [-0.39, 0.29) is 36.6 Å². The first-order valence-electron chi connectivity index (χ1n) is 6.98. The van der Waals surface area contributed by atoms with Gasteiger partial charge in [0.1, 0.15) is 6.04 Å². The van der Waals surface area contributed by atoms with Crippen molar-refractivity contribution < 1.29 is 18.0 Å². The van der Waals surface area contributed by atoms with Crippen LogP contribution in [0.25, 0.3) is 0 Å². The summed E-state index contributed by atoms with van der Waals surface area (Å²) >= 11 is 0. The normalized spacial score (nSPS) is 22.1. The van der Waals surface area contributed by atoms with E-state index < -0.39 is 21.1 Å². The smallest absolute Gasteiger partial charge is 0.245 e. The Morgan fingerprint density at radius 3 is 2.40 bits per heavy atom. The third-order valence-electron chi connectivity index (χ3n) is 3.81. The highest BCUT2D eigenvalue weighted by Crippen LogP contribution is 2.14. The molecule has 0 spiro atoms. The van der Waals surface area contributed by atoms with Crippen molar-refractivity contribution in [1.82, 2.24) is 10.2 Å². The summed E-state index contributed by atoms with van der Waals surface area (Å²) in [6.07, 6.45) is 0.773. The highest BCUT2D eigenvalue weighted by molar-refractivity contribution is 7.92. The van der Waals surface area contributed by atoms with Gasteiger partial charge >= 0.3 is 0 Å². The Kier molecular flexibility index (Phi) is 5.56. The van der Waals surface area contributed by atoms with Crippen molar-refractivity contribution in [3.05, 3.63) is 0 Å². The first-order chi connectivity index (χ1) is 9.19. The average molecular weight is 304 g/mol. The van der Waals surface area contributed by atoms with Gasteiger partial charge in [0.05, 0.1) is 17.5 Å². The first kappa shape index (κ1) is 16.9. The molecule has 7 heteroatoms. The number of amides is 2. The minimum Gasteiger partial charge on any atom is -0.342 e. The summed E-state index contributed by atoms with van der Waals surface area (Å²) in [6, 6.07) is -0.539. The molecule has 116 valence electrons. The summed E-state index contributed by atoms with van der Waals surface area (Å²) in [6.45, 7) is 7.10. The highest BCUT2D eigenvalue weighted by Gasteiger charge is 2.35. The van der Waals surface area contributed by atoms with Crippen molar-refractivity contribution in [1.29, 1.82) is 0 Å². The van der Waals surface area contributed by atoms with Crippen molar-refractivity contribution in [2.45, 2.75) is 45.4 Å². The summed E-state index contributed by atoms with van der Waals surface area (Å²) in [5.74, 6) is -0.470. The minimum atomic E-state index is -3.21. The van der Waals surface area contributed by atoms with E-state index in [9.17, 15) is 18.0 Å². The SMILES string of the molecule is CCC(C)C1NC(=O)CN(CCS(=O)(=O)C(C)C)C1=O. The Morgan fingerprint density at radius 2 is 1.90 bits per heavy atom. The van der Waals surface area contributed by atoms with E-state index in [4.69, 9.17) is 0 Å². The van der Waals surface area contributed by atoms with Crippen molar-refractivity contribution >= 4 is 21.7 Å². The Hall–Kier alpha value is -1.11. The van der Waals surface area contributed by atoms with Crippen molar-refractivity contribution in [2.24, 2.45) is 5.92 Å². The summed E-state index contributed by atoms with van der Waals surface area (Å²) < 4.78 is 23.6. The monoisotopic (exact) mass is 304 g/mol. The molecule has 1 rings (SSSR count). The fourth-order valence-electron chi connectivity index (χ4n) is 2.01. The summed E-state index contributed by atoms with van der Waals surface area (Å²) in [7, 11) is -3.21. The van der Waals surface area contributed by atoms with Crippen LogP contribution in [0.2, 0.25) is 0 Å². The molecule has 0 aromatic rings. The molecule has 0 radical (unpaired) electrons. The van der Waals surface area contributed by atoms with Gasteiger partial charge in [0.25, 0.3) is 0 Å². The summed E-state index contributed by atoms with van der Waals surface area (Å²) in [5.41, 5.74) is 0. The lowest BCUT2D eigenvalue weighted by atomic mass is 9.96. The molecule has 1 aliphatic heterocycles. The number of piperazine rings is 1. The Balaban J connectivity index is 2.75. The molecular formula is C13H24N2O4S. The third kappa shape index (κ3) is 3.94. The number of nitrogens with one attached hydrogen (secondary N) is 1. The van der Waals surface area contributed by atoms with Gasteiger partial charge in [0.2, 0.25) is 11.8 Å². The van der Waals surface area contributed by atoms with E-state index in [0.717, 1.165) is 6.42 Å². The van der Waals surface area contributed by atoms with Gasteiger partial charge in [-0.05, 0) is 19.8 Å². The van der Waals surface area contributed by atoms with Crippen LogP contribution < -0.4 is 5.32 Å². The van der Waals surface area contributed by atoms with Gasteiger partial charge in [0.15, 0.2) is 9.84 Å². The van der Waals surface area contributed by atoms with E-state index in [1.807, 2.05) is 13.8 Å². The van der Waals surface area contributed by atoms with E-state index in [1.54, 1.807) is 13.8 Å². The molecule has 2 amide bonds. The average Bonchev–Trinajstić information content (AvgIpc) is 2.38. The predicted molar refractivity (Wildman–Crippen MR) is 76.9 cm³/mol. The van der Waals surface area contributed by atoms with E-state index in [2.05, 4.69) is 5.32 Å². The van der Waals surface area contributed by atoms with Gasteiger partial charge in [-0.15, -0.1) is 0 Å². The zero-order valence-corrected chi connectivity index (χ0v) is 13.4. The van der Waals surface area contributed by atoms with Gasteiger partial charge in [0, 0.05) is 6.54 Å². The molecule has 2 unspecified atom stereocenters. The predicted octanol–water partition coefficient (Wildman–Crippen LogP) is 0.183. The van der Waals surface area contributed by atoms with Crippen molar-refractivity contribution in [3.8, 4) is 0 Å². The number of sulfone groups is 1. The molecule has 1 heterocycles. The molecule has 20 heavy (non-hydrogen) atoms. The van der Waals surface area contributed by atoms with Crippen LogP contribution in [0.4, 0.5) is 0 Å². The van der Waals surface area contributed by atoms with Crippen LogP contribution in [0.3, 0.4) is 0 Å². The molecule has 6 nitrogen and oxygen atoms in total. The zero-order chi connectivity index (χ0) is 15.5. The second-order valence-electron chi connectivity index (χ2n) is 5.61.